The summed E-state index contributed by atoms with van der Waals surface area (Å²) in [5.74, 6) is -0.676. The summed E-state index contributed by atoms with van der Waals surface area (Å²) in [5.41, 5.74) is 0.475. The van der Waals surface area contributed by atoms with Gasteiger partial charge in [-0.15, -0.1) is 0 Å². The molecule has 2 fully saturated rings. The minimum Gasteiger partial charge on any atom is -0.324 e. The van der Waals surface area contributed by atoms with E-state index in [9.17, 15) is 14.0 Å². The van der Waals surface area contributed by atoms with Gasteiger partial charge in [0, 0.05) is 0 Å². The van der Waals surface area contributed by atoms with E-state index in [4.69, 9.17) is 0 Å². The van der Waals surface area contributed by atoms with Crippen LogP contribution in [0.15, 0.2) is 24.3 Å². The zero-order chi connectivity index (χ0) is 14.8. The van der Waals surface area contributed by atoms with Gasteiger partial charge in [0.25, 0.3) is 5.91 Å². The molecule has 0 saturated carbocycles. The van der Waals surface area contributed by atoms with Crippen molar-refractivity contribution in [2.75, 3.05) is 18.0 Å². The fourth-order valence-corrected chi connectivity index (χ4v) is 3.34. The number of likely N-dealkylation sites (tertiary alicyclic amines) is 1. The van der Waals surface area contributed by atoms with Gasteiger partial charge in [-0.3, -0.25) is 9.59 Å². The molecule has 1 aromatic rings. The highest BCUT2D eigenvalue weighted by Crippen LogP contribution is 2.22. The minimum absolute atomic E-state index is 0.136. The molecule has 0 bridgehead atoms. The largest absolute Gasteiger partial charge is 0.324 e. The third-order valence-corrected chi connectivity index (χ3v) is 4.47. The number of benzene rings is 1. The van der Waals surface area contributed by atoms with Crippen molar-refractivity contribution in [2.45, 2.75) is 38.1 Å². The predicted molar refractivity (Wildman–Crippen MR) is 76.5 cm³/mol. The summed E-state index contributed by atoms with van der Waals surface area (Å²) in [5, 5.41) is 0. The number of amides is 2. The Labute approximate surface area is 123 Å². The highest BCUT2D eigenvalue weighted by Gasteiger charge is 2.45. The first-order valence-corrected chi connectivity index (χ1v) is 7.64. The molecule has 2 aliphatic heterocycles. The first-order chi connectivity index (χ1) is 10.2. The van der Waals surface area contributed by atoms with Crippen LogP contribution in [0.2, 0.25) is 0 Å². The lowest BCUT2D eigenvalue weighted by atomic mass is 10.2. The van der Waals surface area contributed by atoms with Gasteiger partial charge in [0.1, 0.15) is 5.82 Å². The van der Waals surface area contributed by atoms with Gasteiger partial charge in [0.2, 0.25) is 5.91 Å². The Bertz CT molecular complexity index is 536. The van der Waals surface area contributed by atoms with Crippen molar-refractivity contribution in [3.05, 3.63) is 30.1 Å². The van der Waals surface area contributed by atoms with Crippen LogP contribution in [0.3, 0.4) is 0 Å². The number of anilines is 1. The van der Waals surface area contributed by atoms with Gasteiger partial charge >= 0.3 is 0 Å². The number of rotatable bonds is 2. The summed E-state index contributed by atoms with van der Waals surface area (Å²) in [6.45, 7) is 1.92. The van der Waals surface area contributed by atoms with Crippen LogP contribution in [0.4, 0.5) is 10.1 Å². The van der Waals surface area contributed by atoms with E-state index < -0.39 is 0 Å². The van der Waals surface area contributed by atoms with E-state index in [1.165, 1.54) is 46.9 Å². The van der Waals surface area contributed by atoms with Crippen molar-refractivity contribution < 1.29 is 18.9 Å². The number of carbonyl (C=O) groups excluding carboxylic acids is 2. The summed E-state index contributed by atoms with van der Waals surface area (Å²) in [6, 6.07) is 5.28. The lowest BCUT2D eigenvalue weighted by Crippen LogP contribution is -3.16. The fourth-order valence-electron chi connectivity index (χ4n) is 3.34. The average molecular weight is 291 g/mol. The zero-order valence-corrected chi connectivity index (χ0v) is 12.0. The molecule has 2 saturated heterocycles. The highest BCUT2D eigenvalue weighted by molar-refractivity contribution is 6.21. The smallest absolute Gasteiger partial charge is 0.292 e. The van der Waals surface area contributed by atoms with E-state index in [0.717, 1.165) is 25.9 Å². The number of carbonyl (C=O) groups is 2. The second-order valence-corrected chi connectivity index (χ2v) is 5.87. The van der Waals surface area contributed by atoms with Crippen LogP contribution >= 0.6 is 0 Å². The number of nitrogens with zero attached hydrogens (tertiary/aromatic N) is 1. The van der Waals surface area contributed by atoms with Gasteiger partial charge in [-0.1, -0.05) is 0 Å². The molecule has 0 aromatic heterocycles. The van der Waals surface area contributed by atoms with E-state index in [1.807, 2.05) is 0 Å². The summed E-state index contributed by atoms with van der Waals surface area (Å²) < 4.78 is 13.0. The second-order valence-electron chi connectivity index (χ2n) is 5.87. The molecule has 21 heavy (non-hydrogen) atoms. The summed E-state index contributed by atoms with van der Waals surface area (Å²) in [7, 11) is 0. The lowest BCUT2D eigenvalue weighted by molar-refractivity contribution is -0.914. The summed E-state index contributed by atoms with van der Waals surface area (Å²) in [6.07, 6.45) is 4.92. The molecule has 3 rings (SSSR count). The normalized spacial score (nSPS) is 24.4. The van der Waals surface area contributed by atoms with Crippen molar-refractivity contribution in [1.29, 1.82) is 0 Å². The van der Waals surface area contributed by atoms with Crippen molar-refractivity contribution >= 4 is 17.5 Å². The topological polar surface area (TPSA) is 41.8 Å². The molecule has 0 aliphatic carbocycles. The Morgan fingerprint density at radius 1 is 1.00 bits per heavy atom. The minimum atomic E-state index is -0.368. The van der Waals surface area contributed by atoms with Crippen molar-refractivity contribution in [3.63, 3.8) is 0 Å². The van der Waals surface area contributed by atoms with Gasteiger partial charge < -0.3 is 4.90 Å². The summed E-state index contributed by atoms with van der Waals surface area (Å²) in [4.78, 5) is 27.3. The van der Waals surface area contributed by atoms with Crippen molar-refractivity contribution in [2.24, 2.45) is 0 Å². The van der Waals surface area contributed by atoms with Gasteiger partial charge in [0.15, 0.2) is 6.04 Å². The number of nitrogens with one attached hydrogen (secondary N) is 1. The Kier molecular flexibility index (Phi) is 4.01. The molecule has 1 N–H and O–H groups in total. The molecular formula is C16H20FN2O2+. The van der Waals surface area contributed by atoms with E-state index in [1.54, 1.807) is 0 Å². The molecule has 4 nitrogen and oxygen atoms in total. The van der Waals surface area contributed by atoms with E-state index in [0.29, 0.717) is 5.69 Å². The Hall–Kier alpha value is -1.75. The van der Waals surface area contributed by atoms with Crippen LogP contribution in [0.5, 0.6) is 0 Å². The fraction of sp³-hybridized carbons (Fsp3) is 0.500. The summed E-state index contributed by atoms with van der Waals surface area (Å²) >= 11 is 0. The Morgan fingerprint density at radius 2 is 1.62 bits per heavy atom. The van der Waals surface area contributed by atoms with Crippen molar-refractivity contribution in [3.8, 4) is 0 Å². The predicted octanol–water partition coefficient (Wildman–Crippen LogP) is 0.916. The van der Waals surface area contributed by atoms with Crippen LogP contribution in [0.25, 0.3) is 0 Å². The maximum atomic E-state index is 13.0. The molecule has 2 amide bonds. The van der Waals surface area contributed by atoms with Gasteiger partial charge in [0.05, 0.1) is 25.2 Å². The third-order valence-electron chi connectivity index (χ3n) is 4.47. The van der Waals surface area contributed by atoms with Crippen LogP contribution in [-0.2, 0) is 9.59 Å². The molecule has 2 heterocycles. The first-order valence-electron chi connectivity index (χ1n) is 7.64. The van der Waals surface area contributed by atoms with Crippen LogP contribution in [0.1, 0.15) is 32.1 Å². The quantitative estimate of drug-likeness (QED) is 0.823. The molecule has 2 aliphatic rings. The number of imide groups is 1. The SMILES string of the molecule is O=C1C[C@@H]([NH+]2CCCCCC2)C(=O)N1c1ccc(F)cc1. The first kappa shape index (κ1) is 14.2. The molecule has 0 spiro atoms. The maximum absolute atomic E-state index is 13.0. The Morgan fingerprint density at radius 3 is 2.24 bits per heavy atom. The number of quaternary nitrogens is 1. The lowest BCUT2D eigenvalue weighted by Gasteiger charge is -2.22. The van der Waals surface area contributed by atoms with Crippen LogP contribution in [-0.4, -0.2) is 30.9 Å². The van der Waals surface area contributed by atoms with Gasteiger partial charge in [-0.25, -0.2) is 9.29 Å². The zero-order valence-electron chi connectivity index (χ0n) is 12.0. The number of hydrogen-bond donors (Lipinski definition) is 1. The van der Waals surface area contributed by atoms with Crippen molar-refractivity contribution in [1.82, 2.24) is 0 Å². The molecule has 1 atom stereocenters. The van der Waals surface area contributed by atoms with E-state index >= 15 is 0 Å². The third kappa shape index (κ3) is 2.83. The molecule has 0 radical (unpaired) electrons. The molecular weight excluding hydrogens is 271 g/mol. The standard InChI is InChI=1S/C16H19FN2O2/c17-12-5-7-13(8-6-12)19-15(20)11-14(16(19)21)18-9-3-1-2-4-10-18/h5-8,14H,1-4,9-11H2/p+1/t14-/m1/s1. The number of hydrogen-bond acceptors (Lipinski definition) is 2. The molecule has 0 unspecified atom stereocenters. The molecule has 5 heteroatoms. The molecule has 112 valence electrons. The highest BCUT2D eigenvalue weighted by atomic mass is 19.1. The van der Waals surface area contributed by atoms with Gasteiger partial charge in [-0.05, 0) is 49.9 Å². The number of halogens is 1. The monoisotopic (exact) mass is 291 g/mol. The van der Waals surface area contributed by atoms with E-state index in [-0.39, 0.29) is 30.1 Å². The van der Waals surface area contributed by atoms with Gasteiger partial charge in [-0.2, -0.15) is 0 Å². The second kappa shape index (κ2) is 5.93. The average Bonchev–Trinajstić information content (AvgIpc) is 2.69. The van der Waals surface area contributed by atoms with E-state index in [2.05, 4.69) is 0 Å². The Balaban J connectivity index is 1.79. The van der Waals surface area contributed by atoms with Crippen LogP contribution in [0, 0.1) is 5.82 Å². The van der Waals surface area contributed by atoms with Crippen LogP contribution < -0.4 is 9.80 Å². The maximum Gasteiger partial charge on any atom is 0.292 e. The molecule has 1 aromatic carbocycles.